The summed E-state index contributed by atoms with van der Waals surface area (Å²) < 4.78 is 32.4. The van der Waals surface area contributed by atoms with E-state index in [1.54, 1.807) is 39.0 Å². The predicted molar refractivity (Wildman–Crippen MR) is 140 cm³/mol. The van der Waals surface area contributed by atoms with E-state index in [-0.39, 0.29) is 24.3 Å². The number of fused-ring (bicyclic) bond motifs is 1. The van der Waals surface area contributed by atoms with Gasteiger partial charge in [-0.2, -0.15) is 0 Å². The standard InChI is InChI=1S/C27H36N2O7S/c1-26(2,3)15-21(28-25(33)36-27(4,5)6)23(30)29-16-20(14-22(29)24(31)32)37(34,35)19-12-11-17-9-7-8-10-18(17)13-19/h7-13,20-22H,14-16H2,1-6H3,(H,28,33)(H,31,32)/t20?,21?,22-/m0/s1. The fourth-order valence-electron chi connectivity index (χ4n) is 4.50. The average Bonchev–Trinajstić information content (AvgIpc) is 3.22. The highest BCUT2D eigenvalue weighted by atomic mass is 32.2. The first-order valence-corrected chi connectivity index (χ1v) is 13.8. The van der Waals surface area contributed by atoms with Crippen molar-refractivity contribution in [2.24, 2.45) is 5.41 Å². The fraction of sp³-hybridized carbons (Fsp3) is 0.519. The lowest BCUT2D eigenvalue weighted by Crippen LogP contribution is -2.53. The van der Waals surface area contributed by atoms with E-state index < -0.39 is 56.2 Å². The number of carbonyl (C=O) groups is 3. The van der Waals surface area contributed by atoms with Crippen LogP contribution in [0.1, 0.15) is 54.4 Å². The lowest BCUT2D eigenvalue weighted by Gasteiger charge is -2.31. The maximum atomic E-state index is 13.6. The van der Waals surface area contributed by atoms with Gasteiger partial charge in [-0.05, 0) is 61.9 Å². The molecule has 2 unspecified atom stereocenters. The number of carboxylic acid groups (broad SMARTS) is 1. The van der Waals surface area contributed by atoms with Crippen LogP contribution < -0.4 is 5.32 Å². The number of amides is 2. The first-order valence-electron chi connectivity index (χ1n) is 12.2. The van der Waals surface area contributed by atoms with Gasteiger partial charge in [0.15, 0.2) is 9.84 Å². The molecule has 1 aliphatic heterocycles. The van der Waals surface area contributed by atoms with Crippen LogP contribution in [0.15, 0.2) is 47.4 Å². The molecule has 1 heterocycles. The topological polar surface area (TPSA) is 130 Å². The first kappa shape index (κ1) is 28.4. The van der Waals surface area contributed by atoms with Gasteiger partial charge in [-0.15, -0.1) is 0 Å². The third kappa shape index (κ3) is 7.00. The highest BCUT2D eigenvalue weighted by molar-refractivity contribution is 7.92. The van der Waals surface area contributed by atoms with E-state index in [4.69, 9.17) is 4.74 Å². The van der Waals surface area contributed by atoms with Crippen LogP contribution in [0.5, 0.6) is 0 Å². The van der Waals surface area contributed by atoms with Crippen LogP contribution in [0.4, 0.5) is 4.79 Å². The SMILES string of the molecule is CC(C)(C)CC(NC(=O)OC(C)(C)C)C(=O)N1CC(S(=O)(=O)c2ccc3ccccc3c2)C[C@H]1C(=O)O. The Morgan fingerprint density at radius 3 is 2.24 bits per heavy atom. The van der Waals surface area contributed by atoms with Crippen molar-refractivity contribution in [2.75, 3.05) is 6.54 Å². The van der Waals surface area contributed by atoms with Crippen molar-refractivity contribution >= 4 is 38.6 Å². The van der Waals surface area contributed by atoms with Crippen LogP contribution in [-0.4, -0.2) is 65.9 Å². The number of carboxylic acids is 1. The highest BCUT2D eigenvalue weighted by Crippen LogP contribution is 2.32. The average molecular weight is 533 g/mol. The van der Waals surface area contributed by atoms with Gasteiger partial charge in [-0.25, -0.2) is 18.0 Å². The monoisotopic (exact) mass is 532 g/mol. The highest BCUT2D eigenvalue weighted by Gasteiger charge is 2.47. The summed E-state index contributed by atoms with van der Waals surface area (Å²) in [6.07, 6.45) is -0.845. The number of rotatable bonds is 6. The van der Waals surface area contributed by atoms with Crippen molar-refractivity contribution in [3.63, 3.8) is 0 Å². The summed E-state index contributed by atoms with van der Waals surface area (Å²) in [4.78, 5) is 39.4. The Labute approximate surface area is 218 Å². The summed E-state index contributed by atoms with van der Waals surface area (Å²) in [5.41, 5.74) is -1.19. The molecule has 2 amide bonds. The van der Waals surface area contributed by atoms with Crippen LogP contribution in [0, 0.1) is 5.41 Å². The molecule has 1 fully saturated rings. The molecule has 0 saturated carbocycles. The van der Waals surface area contributed by atoms with Crippen LogP contribution in [0.3, 0.4) is 0 Å². The second-order valence-electron chi connectivity index (χ2n) is 11.7. The summed E-state index contributed by atoms with van der Waals surface area (Å²) in [6.45, 7) is 10.4. The zero-order valence-corrected chi connectivity index (χ0v) is 23.0. The van der Waals surface area contributed by atoms with E-state index in [0.29, 0.717) is 0 Å². The number of sulfone groups is 1. The second-order valence-corrected chi connectivity index (χ2v) is 13.9. The molecular weight excluding hydrogens is 496 g/mol. The van der Waals surface area contributed by atoms with E-state index >= 15 is 0 Å². The number of benzene rings is 2. The number of nitrogens with one attached hydrogen (secondary N) is 1. The van der Waals surface area contributed by atoms with E-state index in [1.807, 2.05) is 39.0 Å². The molecule has 0 aromatic heterocycles. The summed E-state index contributed by atoms with van der Waals surface area (Å²) in [7, 11) is -3.94. The van der Waals surface area contributed by atoms with E-state index in [9.17, 15) is 27.9 Å². The normalized spacial score (nSPS) is 19.5. The molecule has 3 atom stereocenters. The van der Waals surface area contributed by atoms with Gasteiger partial charge in [0.2, 0.25) is 5.91 Å². The van der Waals surface area contributed by atoms with E-state index in [0.717, 1.165) is 15.7 Å². The minimum absolute atomic E-state index is 0.0766. The number of ether oxygens (including phenoxy) is 1. The molecule has 9 nitrogen and oxygen atoms in total. The number of hydrogen-bond donors (Lipinski definition) is 2. The van der Waals surface area contributed by atoms with Crippen LogP contribution in [-0.2, 0) is 24.2 Å². The van der Waals surface area contributed by atoms with E-state index in [2.05, 4.69) is 5.32 Å². The zero-order chi connectivity index (χ0) is 27.8. The minimum atomic E-state index is -3.94. The first-order chi connectivity index (χ1) is 17.0. The molecule has 202 valence electrons. The Morgan fingerprint density at radius 2 is 1.68 bits per heavy atom. The third-order valence-electron chi connectivity index (χ3n) is 6.12. The molecule has 2 aromatic rings. The Hall–Kier alpha value is -3.14. The van der Waals surface area contributed by atoms with Gasteiger partial charge >= 0.3 is 12.1 Å². The maximum Gasteiger partial charge on any atom is 0.408 e. The van der Waals surface area contributed by atoms with Gasteiger partial charge in [0, 0.05) is 6.54 Å². The molecule has 1 aliphatic rings. The molecule has 3 rings (SSSR count). The molecule has 1 saturated heterocycles. The summed E-state index contributed by atoms with van der Waals surface area (Å²) >= 11 is 0. The molecule has 0 bridgehead atoms. The summed E-state index contributed by atoms with van der Waals surface area (Å²) in [6, 6.07) is 9.69. The van der Waals surface area contributed by atoms with E-state index in [1.165, 1.54) is 6.07 Å². The van der Waals surface area contributed by atoms with Gasteiger partial charge in [0.1, 0.15) is 17.7 Å². The number of hydrogen-bond acceptors (Lipinski definition) is 6. The molecule has 0 radical (unpaired) electrons. The molecule has 0 spiro atoms. The van der Waals surface area contributed by atoms with Gasteiger partial charge in [0.25, 0.3) is 0 Å². The number of carbonyl (C=O) groups excluding carboxylic acids is 2. The molecule has 2 aromatic carbocycles. The lowest BCUT2D eigenvalue weighted by molar-refractivity contribution is -0.149. The van der Waals surface area contributed by atoms with Gasteiger partial charge < -0.3 is 20.1 Å². The number of alkyl carbamates (subject to hydrolysis) is 1. The summed E-state index contributed by atoms with van der Waals surface area (Å²) in [5, 5.41) is 13.0. The van der Waals surface area contributed by atoms with Crippen molar-refractivity contribution in [2.45, 2.75) is 82.2 Å². The smallest absolute Gasteiger partial charge is 0.408 e. The molecule has 0 aliphatic carbocycles. The van der Waals surface area contributed by atoms with Gasteiger partial charge in [-0.1, -0.05) is 51.1 Å². The Bertz CT molecular complexity index is 1290. The second kappa shape index (κ2) is 10.3. The molecule has 10 heteroatoms. The molecule has 2 N–H and O–H groups in total. The van der Waals surface area contributed by atoms with Crippen LogP contribution in [0.25, 0.3) is 10.8 Å². The molecular formula is C27H36N2O7S. The number of likely N-dealkylation sites (tertiary alicyclic amines) is 1. The molecule has 37 heavy (non-hydrogen) atoms. The van der Waals surface area contributed by atoms with Crippen molar-refractivity contribution in [1.82, 2.24) is 10.2 Å². The largest absolute Gasteiger partial charge is 0.480 e. The Kier molecular flexibility index (Phi) is 7.93. The van der Waals surface area contributed by atoms with Crippen LogP contribution >= 0.6 is 0 Å². The quantitative estimate of drug-likeness (QED) is 0.575. The Morgan fingerprint density at radius 1 is 1.05 bits per heavy atom. The predicted octanol–water partition coefficient (Wildman–Crippen LogP) is 4.00. The van der Waals surface area contributed by atoms with Crippen molar-refractivity contribution in [1.29, 1.82) is 0 Å². The summed E-state index contributed by atoms with van der Waals surface area (Å²) in [5.74, 6) is -1.94. The minimum Gasteiger partial charge on any atom is -0.480 e. The maximum absolute atomic E-state index is 13.6. The Balaban J connectivity index is 1.90. The zero-order valence-electron chi connectivity index (χ0n) is 22.1. The fourth-order valence-corrected chi connectivity index (χ4v) is 6.23. The number of aliphatic carboxylic acids is 1. The van der Waals surface area contributed by atoms with Crippen molar-refractivity contribution in [3.8, 4) is 0 Å². The van der Waals surface area contributed by atoms with Crippen LogP contribution in [0.2, 0.25) is 0 Å². The lowest BCUT2D eigenvalue weighted by atomic mass is 9.87. The van der Waals surface area contributed by atoms with Crippen molar-refractivity contribution < 1.29 is 32.6 Å². The van der Waals surface area contributed by atoms with Crippen molar-refractivity contribution in [3.05, 3.63) is 42.5 Å². The number of nitrogens with zero attached hydrogens (tertiary/aromatic N) is 1. The van der Waals surface area contributed by atoms with Gasteiger partial charge in [-0.3, -0.25) is 4.79 Å². The third-order valence-corrected chi connectivity index (χ3v) is 8.25. The van der Waals surface area contributed by atoms with Gasteiger partial charge in [0.05, 0.1) is 10.1 Å².